The van der Waals surface area contributed by atoms with Crippen molar-refractivity contribution in [1.82, 2.24) is 9.55 Å². The van der Waals surface area contributed by atoms with Crippen LogP contribution in [0.3, 0.4) is 0 Å². The van der Waals surface area contributed by atoms with Crippen LogP contribution in [-0.2, 0) is 7.05 Å². The number of phenolic OH excluding ortho intramolecular Hbond substituents is 1. The minimum Gasteiger partial charge on any atom is -0.507 e. The zero-order valence-electron chi connectivity index (χ0n) is 10.1. The van der Waals surface area contributed by atoms with E-state index in [1.807, 2.05) is 0 Å². The van der Waals surface area contributed by atoms with Crippen LogP contribution in [0.1, 0.15) is 0 Å². The molecule has 1 N–H and O–H groups in total. The van der Waals surface area contributed by atoms with Crippen molar-refractivity contribution in [3.05, 3.63) is 47.2 Å². The van der Waals surface area contributed by atoms with Crippen molar-refractivity contribution in [2.24, 2.45) is 7.05 Å². The molecule has 0 bridgehead atoms. The molecule has 1 heterocycles. The first-order chi connectivity index (χ1) is 9.09. The van der Waals surface area contributed by atoms with Gasteiger partial charge in [0.15, 0.2) is 0 Å². The van der Waals surface area contributed by atoms with Crippen molar-refractivity contribution >= 4 is 22.6 Å². The third kappa shape index (κ3) is 1.76. The Bertz CT molecular complexity index is 762. The summed E-state index contributed by atoms with van der Waals surface area (Å²) in [6.07, 6.45) is 0. The van der Waals surface area contributed by atoms with Crippen LogP contribution >= 0.6 is 11.6 Å². The van der Waals surface area contributed by atoms with Crippen molar-refractivity contribution in [2.75, 3.05) is 0 Å². The van der Waals surface area contributed by atoms with Crippen LogP contribution in [0, 0.1) is 5.82 Å². The molecule has 0 unspecified atom stereocenters. The van der Waals surface area contributed by atoms with Gasteiger partial charge in [-0.25, -0.2) is 9.37 Å². The number of hydrogen-bond donors (Lipinski definition) is 1. The van der Waals surface area contributed by atoms with E-state index in [1.54, 1.807) is 29.8 Å². The Hall–Kier alpha value is -2.07. The molecule has 0 aliphatic rings. The van der Waals surface area contributed by atoms with Crippen molar-refractivity contribution in [1.29, 1.82) is 0 Å². The monoisotopic (exact) mass is 276 g/mol. The van der Waals surface area contributed by atoms with Gasteiger partial charge < -0.3 is 9.67 Å². The number of halogens is 2. The molecule has 3 rings (SSSR count). The Kier molecular flexibility index (Phi) is 2.68. The van der Waals surface area contributed by atoms with Crippen LogP contribution in [-0.4, -0.2) is 14.7 Å². The van der Waals surface area contributed by atoms with Crippen LogP contribution < -0.4 is 0 Å². The fourth-order valence-corrected chi connectivity index (χ4v) is 2.48. The van der Waals surface area contributed by atoms with Crippen molar-refractivity contribution in [3.8, 4) is 17.1 Å². The number of para-hydroxylation sites is 1. The molecular weight excluding hydrogens is 267 g/mol. The van der Waals surface area contributed by atoms with E-state index in [1.165, 1.54) is 18.2 Å². The third-order valence-corrected chi connectivity index (χ3v) is 3.37. The average Bonchev–Trinajstić information content (AvgIpc) is 2.68. The molecular formula is C14H10ClFN2O. The summed E-state index contributed by atoms with van der Waals surface area (Å²) in [5.74, 6) is -0.317. The Morgan fingerprint density at radius 2 is 1.95 bits per heavy atom. The Morgan fingerprint density at radius 1 is 1.21 bits per heavy atom. The summed E-state index contributed by atoms with van der Waals surface area (Å²) in [4.78, 5) is 4.34. The fourth-order valence-electron chi connectivity index (χ4n) is 2.18. The maximum atomic E-state index is 13.9. The third-order valence-electron chi connectivity index (χ3n) is 3.06. The predicted octanol–water partition coefficient (Wildman–Crippen LogP) is 3.74. The summed E-state index contributed by atoms with van der Waals surface area (Å²) in [5.41, 5.74) is 1.45. The second kappa shape index (κ2) is 4.24. The molecule has 5 heteroatoms. The summed E-state index contributed by atoms with van der Waals surface area (Å²) in [7, 11) is 1.74. The van der Waals surface area contributed by atoms with E-state index < -0.39 is 5.82 Å². The smallest absolute Gasteiger partial charge is 0.147 e. The molecule has 19 heavy (non-hydrogen) atoms. The highest BCUT2D eigenvalue weighted by molar-refractivity contribution is 6.35. The van der Waals surface area contributed by atoms with Gasteiger partial charge >= 0.3 is 0 Å². The summed E-state index contributed by atoms with van der Waals surface area (Å²) in [5, 5.41) is 10.4. The topological polar surface area (TPSA) is 38.0 Å². The zero-order chi connectivity index (χ0) is 13.6. The minimum atomic E-state index is -0.519. The van der Waals surface area contributed by atoms with E-state index in [4.69, 9.17) is 11.6 Å². The molecule has 0 spiro atoms. The predicted molar refractivity (Wildman–Crippen MR) is 72.8 cm³/mol. The Labute approximate surface area is 113 Å². The lowest BCUT2D eigenvalue weighted by Gasteiger charge is -2.06. The molecule has 0 aliphatic carbocycles. The van der Waals surface area contributed by atoms with Crippen molar-refractivity contribution in [2.45, 2.75) is 0 Å². The first-order valence-electron chi connectivity index (χ1n) is 5.68. The largest absolute Gasteiger partial charge is 0.507 e. The van der Waals surface area contributed by atoms with Crippen LogP contribution in [0.15, 0.2) is 36.4 Å². The van der Waals surface area contributed by atoms with Crippen LogP contribution in [0.5, 0.6) is 5.75 Å². The molecule has 0 radical (unpaired) electrons. The molecule has 2 aromatic carbocycles. The highest BCUT2D eigenvalue weighted by Gasteiger charge is 2.18. The number of fused-ring (bicyclic) bond motifs is 1. The standard InChI is InChI=1S/C14H10ClFN2O/c1-18-13-8(15)4-2-6-10(13)17-14(18)12-9(16)5-3-7-11(12)19/h2-7,19H,1H3. The summed E-state index contributed by atoms with van der Waals surface area (Å²) in [6.45, 7) is 0. The average molecular weight is 277 g/mol. The molecule has 0 aliphatic heterocycles. The number of phenols is 1. The number of aryl methyl sites for hydroxylation is 1. The SMILES string of the molecule is Cn1c(-c2c(O)cccc2F)nc2cccc(Cl)c21. The fraction of sp³-hybridized carbons (Fsp3) is 0.0714. The van der Waals surface area contributed by atoms with Gasteiger partial charge in [-0.1, -0.05) is 23.7 Å². The lowest BCUT2D eigenvalue weighted by molar-refractivity contribution is 0.471. The molecule has 0 saturated heterocycles. The summed E-state index contributed by atoms with van der Waals surface area (Å²) >= 11 is 6.13. The van der Waals surface area contributed by atoms with Crippen LogP contribution in [0.4, 0.5) is 4.39 Å². The number of imidazole rings is 1. The second-order valence-electron chi connectivity index (χ2n) is 4.24. The molecule has 0 fully saturated rings. The number of benzene rings is 2. The number of rotatable bonds is 1. The molecule has 3 nitrogen and oxygen atoms in total. The number of hydrogen-bond acceptors (Lipinski definition) is 2. The highest BCUT2D eigenvalue weighted by atomic mass is 35.5. The van der Waals surface area contributed by atoms with E-state index in [2.05, 4.69) is 4.98 Å². The first kappa shape index (κ1) is 12.0. The quantitative estimate of drug-likeness (QED) is 0.735. The molecule has 96 valence electrons. The van der Waals surface area contributed by atoms with Crippen LogP contribution in [0.2, 0.25) is 5.02 Å². The normalized spacial score (nSPS) is 11.1. The van der Waals surface area contributed by atoms with Crippen molar-refractivity contribution in [3.63, 3.8) is 0 Å². The van der Waals surface area contributed by atoms with Gasteiger partial charge in [0.05, 0.1) is 21.6 Å². The van der Waals surface area contributed by atoms with Gasteiger partial charge in [0.1, 0.15) is 17.4 Å². The number of aromatic hydroxyl groups is 1. The second-order valence-corrected chi connectivity index (χ2v) is 4.64. The van der Waals surface area contributed by atoms with E-state index in [9.17, 15) is 9.50 Å². The van der Waals surface area contributed by atoms with Gasteiger partial charge in [-0.15, -0.1) is 0 Å². The summed E-state index contributed by atoms with van der Waals surface area (Å²) in [6, 6.07) is 9.49. The van der Waals surface area contributed by atoms with Gasteiger partial charge in [0, 0.05) is 7.05 Å². The first-order valence-corrected chi connectivity index (χ1v) is 6.06. The minimum absolute atomic E-state index is 0.0808. The van der Waals surface area contributed by atoms with E-state index in [0.29, 0.717) is 21.9 Å². The maximum Gasteiger partial charge on any atom is 0.147 e. The molecule has 0 atom stereocenters. The maximum absolute atomic E-state index is 13.9. The molecule has 0 amide bonds. The van der Waals surface area contributed by atoms with Gasteiger partial charge in [0.25, 0.3) is 0 Å². The van der Waals surface area contributed by atoms with E-state index >= 15 is 0 Å². The Morgan fingerprint density at radius 3 is 2.63 bits per heavy atom. The molecule has 0 saturated carbocycles. The van der Waals surface area contributed by atoms with Gasteiger partial charge in [0.2, 0.25) is 0 Å². The Balaban J connectivity index is 2.38. The van der Waals surface area contributed by atoms with E-state index in [-0.39, 0.29) is 11.3 Å². The number of aromatic nitrogens is 2. The molecule has 3 aromatic rings. The van der Waals surface area contributed by atoms with Crippen LogP contribution in [0.25, 0.3) is 22.4 Å². The van der Waals surface area contributed by atoms with Gasteiger partial charge in [-0.2, -0.15) is 0 Å². The lowest BCUT2D eigenvalue weighted by atomic mass is 10.2. The lowest BCUT2D eigenvalue weighted by Crippen LogP contribution is -1.95. The highest BCUT2D eigenvalue weighted by Crippen LogP contribution is 2.34. The zero-order valence-corrected chi connectivity index (χ0v) is 10.8. The van der Waals surface area contributed by atoms with E-state index in [0.717, 1.165) is 0 Å². The van der Waals surface area contributed by atoms with Gasteiger partial charge in [-0.3, -0.25) is 0 Å². The van der Waals surface area contributed by atoms with Gasteiger partial charge in [-0.05, 0) is 24.3 Å². The van der Waals surface area contributed by atoms with Crippen molar-refractivity contribution < 1.29 is 9.50 Å². The summed E-state index contributed by atoms with van der Waals surface area (Å²) < 4.78 is 15.6. The molecule has 1 aromatic heterocycles. The number of nitrogens with zero attached hydrogens (tertiary/aromatic N) is 2.